The third-order valence-electron chi connectivity index (χ3n) is 7.45. The third kappa shape index (κ3) is 4.11. The molecule has 1 aliphatic heterocycles. The summed E-state index contributed by atoms with van der Waals surface area (Å²) in [6.45, 7) is 8.88. The number of thiazole rings is 1. The number of aromatic nitrogens is 3. The topological polar surface area (TPSA) is 103 Å². The van der Waals surface area contributed by atoms with Crippen molar-refractivity contribution in [1.82, 2.24) is 19.3 Å². The monoisotopic (exact) mass is 534 g/mol. The van der Waals surface area contributed by atoms with Crippen molar-refractivity contribution in [1.29, 1.82) is 0 Å². The van der Waals surface area contributed by atoms with E-state index in [0.717, 1.165) is 23.1 Å². The molecule has 2 fully saturated rings. The minimum atomic E-state index is -0.634. The maximum absolute atomic E-state index is 13.5. The molecule has 0 spiro atoms. The first-order valence-electron chi connectivity index (χ1n) is 13.0. The number of fused-ring (bicyclic) bond motifs is 6. The number of likely N-dealkylation sites (tertiary alicyclic amines) is 1. The number of nitrogens with zero attached hydrogens (tertiary/aromatic N) is 4. The summed E-state index contributed by atoms with van der Waals surface area (Å²) in [5.74, 6) is 0.926. The number of rotatable bonds is 3. The van der Waals surface area contributed by atoms with Crippen molar-refractivity contribution in [3.05, 3.63) is 52.1 Å². The van der Waals surface area contributed by atoms with Gasteiger partial charge in [0.1, 0.15) is 21.8 Å². The lowest BCUT2D eigenvalue weighted by Crippen LogP contribution is -2.36. The van der Waals surface area contributed by atoms with Crippen molar-refractivity contribution in [3.63, 3.8) is 0 Å². The van der Waals surface area contributed by atoms with Crippen LogP contribution in [-0.2, 0) is 9.47 Å². The highest BCUT2D eigenvalue weighted by Crippen LogP contribution is 2.45. The quantitative estimate of drug-likeness (QED) is 0.341. The highest BCUT2D eigenvalue weighted by atomic mass is 32.1. The number of pyridine rings is 1. The van der Waals surface area contributed by atoms with E-state index in [4.69, 9.17) is 14.5 Å². The van der Waals surface area contributed by atoms with Crippen LogP contribution in [0.15, 0.2) is 35.3 Å². The van der Waals surface area contributed by atoms with Crippen molar-refractivity contribution < 1.29 is 19.1 Å². The van der Waals surface area contributed by atoms with Crippen LogP contribution >= 0.6 is 11.3 Å². The van der Waals surface area contributed by atoms with Crippen LogP contribution < -0.4 is 5.43 Å². The number of ether oxygens (including phenoxy) is 2. The maximum Gasteiger partial charge on any atom is 0.410 e. The Hall–Kier alpha value is -3.53. The zero-order valence-corrected chi connectivity index (χ0v) is 22.7. The highest BCUT2D eigenvalue weighted by molar-refractivity contribution is 7.24. The lowest BCUT2D eigenvalue weighted by Gasteiger charge is -2.25. The Morgan fingerprint density at radius 3 is 2.53 bits per heavy atom. The molecule has 2 aliphatic rings. The van der Waals surface area contributed by atoms with Crippen LogP contribution in [0.2, 0.25) is 0 Å². The van der Waals surface area contributed by atoms with Gasteiger partial charge in [0.25, 0.3) is 0 Å². The summed E-state index contributed by atoms with van der Waals surface area (Å²) in [6.07, 6.45) is 3.05. The van der Waals surface area contributed by atoms with E-state index in [0.29, 0.717) is 46.6 Å². The van der Waals surface area contributed by atoms with E-state index in [1.54, 1.807) is 13.1 Å². The van der Waals surface area contributed by atoms with Crippen LogP contribution in [0, 0.1) is 11.8 Å². The van der Waals surface area contributed by atoms with Crippen LogP contribution in [0.25, 0.3) is 26.1 Å². The standard InChI is InChI=1S/C28H30N4O5S/c1-5-36-26(34)21-22(33)18-12-29-23(30-24(18)32-19-8-6-7-9-20(19)38-25(21)32)15-10-16-13-31(14-17(16)11-15)27(35)37-28(2,3)4/h6-9,12,15-17H,5,10-11,13-14H2,1-4H3. The summed E-state index contributed by atoms with van der Waals surface area (Å²) < 4.78 is 13.6. The number of para-hydroxylation sites is 1. The molecular weight excluding hydrogens is 504 g/mol. The molecule has 1 saturated heterocycles. The van der Waals surface area contributed by atoms with Gasteiger partial charge >= 0.3 is 12.1 Å². The summed E-state index contributed by atoms with van der Waals surface area (Å²) in [5, 5.41) is 0.298. The summed E-state index contributed by atoms with van der Waals surface area (Å²) in [7, 11) is 0. The maximum atomic E-state index is 13.5. The van der Waals surface area contributed by atoms with E-state index in [1.807, 2.05) is 54.3 Å². The molecule has 0 bridgehead atoms. The van der Waals surface area contributed by atoms with Crippen molar-refractivity contribution in [2.45, 2.75) is 52.1 Å². The van der Waals surface area contributed by atoms with Gasteiger partial charge in [0.15, 0.2) is 5.65 Å². The van der Waals surface area contributed by atoms with E-state index in [1.165, 1.54) is 11.3 Å². The summed E-state index contributed by atoms with van der Waals surface area (Å²) in [4.78, 5) is 50.8. The minimum Gasteiger partial charge on any atom is -0.462 e. The smallest absolute Gasteiger partial charge is 0.410 e. The molecular formula is C28H30N4O5S. The molecule has 10 heteroatoms. The fourth-order valence-corrected chi connectivity index (χ4v) is 7.05. The molecule has 1 aromatic carbocycles. The lowest BCUT2D eigenvalue weighted by atomic mass is 10.0. The molecule has 4 aromatic rings. The molecule has 198 valence electrons. The van der Waals surface area contributed by atoms with Gasteiger partial charge in [-0.1, -0.05) is 12.1 Å². The Morgan fingerprint density at radius 1 is 1.13 bits per heavy atom. The molecule has 6 rings (SSSR count). The van der Waals surface area contributed by atoms with E-state index < -0.39 is 17.0 Å². The van der Waals surface area contributed by atoms with E-state index in [-0.39, 0.29) is 24.2 Å². The predicted molar refractivity (Wildman–Crippen MR) is 145 cm³/mol. The number of carbonyl (C=O) groups excluding carboxylic acids is 2. The van der Waals surface area contributed by atoms with Gasteiger partial charge in [-0.25, -0.2) is 19.6 Å². The molecule has 2 atom stereocenters. The Kier molecular flexibility index (Phi) is 5.90. The SMILES string of the molecule is CCOC(=O)c1c(=O)c2cnc(C3CC4CN(C(=O)OC(C)(C)C)CC4C3)nc2n2c1sc1ccccc12. The fraction of sp³-hybridized carbons (Fsp3) is 0.464. The summed E-state index contributed by atoms with van der Waals surface area (Å²) in [5.41, 5.74) is 0.484. The van der Waals surface area contributed by atoms with Crippen LogP contribution in [0.3, 0.4) is 0 Å². The Balaban J connectivity index is 1.37. The van der Waals surface area contributed by atoms with Gasteiger partial charge in [-0.05, 0) is 64.5 Å². The number of amides is 1. The molecule has 1 amide bonds. The van der Waals surface area contributed by atoms with Crippen molar-refractivity contribution in [2.75, 3.05) is 19.7 Å². The largest absolute Gasteiger partial charge is 0.462 e. The third-order valence-corrected chi connectivity index (χ3v) is 8.59. The zero-order valence-electron chi connectivity index (χ0n) is 21.9. The number of hydrogen-bond acceptors (Lipinski definition) is 8. The van der Waals surface area contributed by atoms with Crippen LogP contribution in [0.1, 0.15) is 62.6 Å². The molecule has 0 radical (unpaired) electrons. The Bertz CT molecular complexity index is 1640. The van der Waals surface area contributed by atoms with Gasteiger partial charge in [0.05, 0.1) is 22.2 Å². The molecule has 3 aromatic heterocycles. The molecule has 2 unspecified atom stereocenters. The molecule has 38 heavy (non-hydrogen) atoms. The highest BCUT2D eigenvalue weighted by Gasteiger charge is 2.44. The van der Waals surface area contributed by atoms with Gasteiger partial charge in [0, 0.05) is 25.2 Å². The molecule has 1 aliphatic carbocycles. The van der Waals surface area contributed by atoms with Gasteiger partial charge < -0.3 is 14.4 Å². The second-order valence-electron chi connectivity index (χ2n) is 11.2. The molecule has 4 heterocycles. The fourth-order valence-electron chi connectivity index (χ4n) is 5.88. The molecule has 9 nitrogen and oxygen atoms in total. The molecule has 1 saturated carbocycles. The van der Waals surface area contributed by atoms with Gasteiger partial charge in [-0.2, -0.15) is 0 Å². The second kappa shape index (κ2) is 9.04. The number of benzene rings is 1. The summed E-state index contributed by atoms with van der Waals surface area (Å²) >= 11 is 1.38. The van der Waals surface area contributed by atoms with Crippen LogP contribution in [0.5, 0.6) is 0 Å². The zero-order chi connectivity index (χ0) is 26.8. The van der Waals surface area contributed by atoms with E-state index in [9.17, 15) is 14.4 Å². The first-order chi connectivity index (χ1) is 18.1. The molecule has 0 N–H and O–H groups in total. The van der Waals surface area contributed by atoms with E-state index >= 15 is 0 Å². The number of hydrogen-bond donors (Lipinski definition) is 0. The van der Waals surface area contributed by atoms with Crippen LogP contribution in [0.4, 0.5) is 4.79 Å². The number of carbonyl (C=O) groups is 2. The number of esters is 1. The van der Waals surface area contributed by atoms with Gasteiger partial charge in [0.2, 0.25) is 5.43 Å². The van der Waals surface area contributed by atoms with Crippen molar-refractivity contribution in [2.24, 2.45) is 11.8 Å². The summed E-state index contributed by atoms with van der Waals surface area (Å²) in [6, 6.07) is 7.79. The first kappa shape index (κ1) is 24.8. The van der Waals surface area contributed by atoms with Crippen molar-refractivity contribution >= 4 is 49.5 Å². The van der Waals surface area contributed by atoms with Crippen LogP contribution in [-0.4, -0.2) is 56.6 Å². The average molecular weight is 535 g/mol. The Labute approximate surface area is 223 Å². The second-order valence-corrected chi connectivity index (χ2v) is 12.2. The van der Waals surface area contributed by atoms with Gasteiger partial charge in [-0.15, -0.1) is 11.3 Å². The van der Waals surface area contributed by atoms with E-state index in [2.05, 4.69) is 4.98 Å². The van der Waals surface area contributed by atoms with Crippen molar-refractivity contribution in [3.8, 4) is 0 Å². The lowest BCUT2D eigenvalue weighted by molar-refractivity contribution is 0.0279. The first-order valence-corrected chi connectivity index (χ1v) is 13.8. The van der Waals surface area contributed by atoms with Gasteiger partial charge in [-0.3, -0.25) is 9.20 Å². The average Bonchev–Trinajstić information content (AvgIpc) is 3.54. The normalized spacial score (nSPS) is 21.4. The predicted octanol–water partition coefficient (Wildman–Crippen LogP) is 4.99. The Morgan fingerprint density at radius 2 is 1.84 bits per heavy atom. The minimum absolute atomic E-state index is 0.0227.